The molecular formula is C13H18N4O4S. The Morgan fingerprint density at radius 2 is 2.14 bits per heavy atom. The first-order valence-electron chi connectivity index (χ1n) is 6.74. The molecule has 0 saturated carbocycles. The Balaban J connectivity index is 2.17. The van der Waals surface area contributed by atoms with Gasteiger partial charge in [-0.2, -0.15) is 0 Å². The summed E-state index contributed by atoms with van der Waals surface area (Å²) in [4.78, 5) is 25.3. The monoisotopic (exact) mass is 326 g/mol. The fourth-order valence-electron chi connectivity index (χ4n) is 2.30. The molecule has 0 aliphatic carbocycles. The Bertz CT molecular complexity index is 689. The number of carbonyl (C=O) groups excluding carboxylic acids is 2. The maximum absolute atomic E-state index is 12.1. The Kier molecular flexibility index (Phi) is 4.79. The van der Waals surface area contributed by atoms with Gasteiger partial charge in [0.05, 0.1) is 10.8 Å². The highest BCUT2D eigenvalue weighted by Gasteiger charge is 2.35. The third kappa shape index (κ3) is 3.62. The van der Waals surface area contributed by atoms with Crippen LogP contribution in [0.4, 0.5) is 5.69 Å². The maximum atomic E-state index is 12.1. The van der Waals surface area contributed by atoms with Gasteiger partial charge < -0.3 is 16.0 Å². The van der Waals surface area contributed by atoms with Gasteiger partial charge in [-0.15, -0.1) is 0 Å². The van der Waals surface area contributed by atoms with Crippen molar-refractivity contribution >= 4 is 27.5 Å². The van der Waals surface area contributed by atoms with Crippen molar-refractivity contribution in [2.24, 2.45) is 16.8 Å². The van der Waals surface area contributed by atoms with Crippen LogP contribution in [0.15, 0.2) is 29.2 Å². The minimum absolute atomic E-state index is 0.0752. The molecule has 0 spiro atoms. The van der Waals surface area contributed by atoms with Gasteiger partial charge in [0, 0.05) is 31.7 Å². The zero-order chi connectivity index (χ0) is 16.3. The van der Waals surface area contributed by atoms with Crippen LogP contribution in [0, 0.1) is 5.92 Å². The zero-order valence-corrected chi connectivity index (χ0v) is 12.7. The molecule has 1 aromatic rings. The number of hydrogen-bond donors (Lipinski definition) is 3. The molecule has 1 aromatic carbocycles. The Labute approximate surface area is 128 Å². The standard InChI is InChI=1S/C13H18N4O4S/c14-4-5-16-13(19)9-6-12(18)17(8-9)10-2-1-3-11(7-10)22(15,20)21/h1-3,7,9H,4-6,8,14H2,(H,16,19)(H2,15,20,21). The van der Waals surface area contributed by atoms with E-state index in [-0.39, 0.29) is 29.7 Å². The largest absolute Gasteiger partial charge is 0.355 e. The first kappa shape index (κ1) is 16.4. The zero-order valence-electron chi connectivity index (χ0n) is 11.9. The molecular weight excluding hydrogens is 308 g/mol. The summed E-state index contributed by atoms with van der Waals surface area (Å²) < 4.78 is 22.7. The summed E-state index contributed by atoms with van der Waals surface area (Å²) in [5.41, 5.74) is 5.73. The number of nitrogens with zero attached hydrogens (tertiary/aromatic N) is 1. The van der Waals surface area contributed by atoms with E-state index in [9.17, 15) is 18.0 Å². The Hall–Kier alpha value is -1.97. The van der Waals surface area contributed by atoms with Crippen molar-refractivity contribution < 1.29 is 18.0 Å². The minimum Gasteiger partial charge on any atom is -0.355 e. The summed E-state index contributed by atoms with van der Waals surface area (Å²) in [7, 11) is -3.85. The van der Waals surface area contributed by atoms with Gasteiger partial charge in [0.25, 0.3) is 0 Å². The van der Waals surface area contributed by atoms with Crippen LogP contribution < -0.4 is 21.1 Å². The highest BCUT2D eigenvalue weighted by Crippen LogP contribution is 2.26. The normalized spacial score (nSPS) is 18.5. The molecule has 22 heavy (non-hydrogen) atoms. The van der Waals surface area contributed by atoms with E-state index in [0.717, 1.165) is 0 Å². The molecule has 1 aliphatic rings. The number of benzene rings is 1. The van der Waals surface area contributed by atoms with E-state index < -0.39 is 15.9 Å². The molecule has 1 aliphatic heterocycles. The van der Waals surface area contributed by atoms with E-state index in [1.54, 1.807) is 6.07 Å². The number of rotatable bonds is 5. The average Bonchev–Trinajstić information content (AvgIpc) is 2.86. The lowest BCUT2D eigenvalue weighted by Gasteiger charge is -2.17. The van der Waals surface area contributed by atoms with Crippen LogP contribution in [0.2, 0.25) is 0 Å². The predicted molar refractivity (Wildman–Crippen MR) is 80.3 cm³/mol. The number of primary sulfonamides is 1. The van der Waals surface area contributed by atoms with Crippen LogP contribution in [0.1, 0.15) is 6.42 Å². The third-order valence-electron chi connectivity index (χ3n) is 3.40. The summed E-state index contributed by atoms with van der Waals surface area (Å²) in [5, 5.41) is 7.73. The second-order valence-corrected chi connectivity index (χ2v) is 6.59. The SMILES string of the molecule is NCCNC(=O)C1CC(=O)N(c2cccc(S(N)(=O)=O)c2)C1. The van der Waals surface area contributed by atoms with Crippen LogP contribution >= 0.6 is 0 Å². The molecule has 1 heterocycles. The molecule has 5 N–H and O–H groups in total. The van der Waals surface area contributed by atoms with E-state index in [1.807, 2.05) is 0 Å². The van der Waals surface area contributed by atoms with Gasteiger partial charge in [-0.25, -0.2) is 13.6 Å². The van der Waals surface area contributed by atoms with Gasteiger partial charge in [0.15, 0.2) is 0 Å². The number of nitrogens with one attached hydrogen (secondary N) is 1. The lowest BCUT2D eigenvalue weighted by Crippen LogP contribution is -2.35. The Morgan fingerprint density at radius 3 is 2.77 bits per heavy atom. The molecule has 1 unspecified atom stereocenters. The van der Waals surface area contributed by atoms with Gasteiger partial charge >= 0.3 is 0 Å². The number of sulfonamides is 1. The van der Waals surface area contributed by atoms with Crippen molar-refractivity contribution in [1.82, 2.24) is 5.32 Å². The molecule has 1 saturated heterocycles. The van der Waals surface area contributed by atoms with Crippen molar-refractivity contribution in [1.29, 1.82) is 0 Å². The molecule has 1 fully saturated rings. The van der Waals surface area contributed by atoms with Crippen molar-refractivity contribution in [3.05, 3.63) is 24.3 Å². The molecule has 0 aromatic heterocycles. The number of amides is 2. The lowest BCUT2D eigenvalue weighted by atomic mass is 10.1. The number of anilines is 1. The summed E-state index contributed by atoms with van der Waals surface area (Å²) in [6.07, 6.45) is 0.0794. The number of nitrogens with two attached hydrogens (primary N) is 2. The lowest BCUT2D eigenvalue weighted by molar-refractivity contribution is -0.126. The first-order valence-corrected chi connectivity index (χ1v) is 8.28. The fourth-order valence-corrected chi connectivity index (χ4v) is 2.85. The average molecular weight is 326 g/mol. The third-order valence-corrected chi connectivity index (χ3v) is 4.31. The van der Waals surface area contributed by atoms with Crippen LogP contribution in [-0.2, 0) is 19.6 Å². The quantitative estimate of drug-likeness (QED) is 0.622. The van der Waals surface area contributed by atoms with Crippen molar-refractivity contribution in [3.8, 4) is 0 Å². The number of carbonyl (C=O) groups is 2. The summed E-state index contributed by atoms with van der Waals surface area (Å²) in [5.74, 6) is -0.944. The molecule has 0 radical (unpaired) electrons. The molecule has 120 valence electrons. The molecule has 0 bridgehead atoms. The van der Waals surface area contributed by atoms with Crippen molar-refractivity contribution in [2.45, 2.75) is 11.3 Å². The molecule has 8 nitrogen and oxygen atoms in total. The number of hydrogen-bond acceptors (Lipinski definition) is 5. The second-order valence-electron chi connectivity index (χ2n) is 5.03. The summed E-state index contributed by atoms with van der Waals surface area (Å²) >= 11 is 0. The minimum atomic E-state index is -3.85. The van der Waals surface area contributed by atoms with E-state index in [4.69, 9.17) is 10.9 Å². The van der Waals surface area contributed by atoms with E-state index in [0.29, 0.717) is 18.8 Å². The van der Waals surface area contributed by atoms with Crippen LogP contribution in [0.5, 0.6) is 0 Å². The highest BCUT2D eigenvalue weighted by molar-refractivity contribution is 7.89. The van der Waals surface area contributed by atoms with E-state index in [2.05, 4.69) is 5.32 Å². The van der Waals surface area contributed by atoms with Crippen LogP contribution in [0.3, 0.4) is 0 Å². The van der Waals surface area contributed by atoms with Gasteiger partial charge in [-0.3, -0.25) is 9.59 Å². The molecule has 2 amide bonds. The topological polar surface area (TPSA) is 136 Å². The first-order chi connectivity index (χ1) is 10.3. The van der Waals surface area contributed by atoms with Gasteiger partial charge in [-0.1, -0.05) is 6.07 Å². The summed E-state index contributed by atoms with van der Waals surface area (Å²) in [6, 6.07) is 5.79. The van der Waals surface area contributed by atoms with E-state index in [1.165, 1.54) is 23.1 Å². The maximum Gasteiger partial charge on any atom is 0.238 e. The molecule has 9 heteroatoms. The van der Waals surface area contributed by atoms with Crippen LogP contribution in [0.25, 0.3) is 0 Å². The van der Waals surface area contributed by atoms with Gasteiger partial charge in [-0.05, 0) is 18.2 Å². The van der Waals surface area contributed by atoms with Gasteiger partial charge in [0.1, 0.15) is 0 Å². The van der Waals surface area contributed by atoms with Gasteiger partial charge in [0.2, 0.25) is 21.8 Å². The van der Waals surface area contributed by atoms with Crippen LogP contribution in [-0.4, -0.2) is 39.9 Å². The van der Waals surface area contributed by atoms with Crippen molar-refractivity contribution in [3.63, 3.8) is 0 Å². The van der Waals surface area contributed by atoms with E-state index >= 15 is 0 Å². The Morgan fingerprint density at radius 1 is 1.41 bits per heavy atom. The smallest absolute Gasteiger partial charge is 0.238 e. The second kappa shape index (κ2) is 6.42. The predicted octanol–water partition coefficient (Wildman–Crippen LogP) is -1.24. The van der Waals surface area contributed by atoms with Crippen molar-refractivity contribution in [2.75, 3.05) is 24.5 Å². The molecule has 2 rings (SSSR count). The molecule has 1 atom stereocenters. The fraction of sp³-hybridized carbons (Fsp3) is 0.385. The highest BCUT2D eigenvalue weighted by atomic mass is 32.2. The summed E-state index contributed by atoms with van der Waals surface area (Å²) in [6.45, 7) is 0.875.